The van der Waals surface area contributed by atoms with Gasteiger partial charge in [0.2, 0.25) is 11.7 Å². The number of hydrogen-bond donors (Lipinski definition) is 0. The van der Waals surface area contributed by atoms with Crippen molar-refractivity contribution in [1.82, 2.24) is 15.0 Å². The lowest BCUT2D eigenvalue weighted by Gasteiger charge is -2.31. The van der Waals surface area contributed by atoms with Gasteiger partial charge in [0.25, 0.3) is 5.91 Å². The summed E-state index contributed by atoms with van der Waals surface area (Å²) in [6, 6.07) is 0. The number of aromatic nitrogens is 2. The Morgan fingerprint density at radius 3 is 3.09 bits per heavy atom. The molecular formula is C16H19N3O3S. The predicted octanol–water partition coefficient (Wildman–Crippen LogP) is 2.53. The molecule has 0 unspecified atom stereocenters. The molecule has 0 N–H and O–H groups in total. The van der Waals surface area contributed by atoms with Gasteiger partial charge in [0.1, 0.15) is 6.10 Å². The summed E-state index contributed by atoms with van der Waals surface area (Å²) in [6.07, 6.45) is 4.24. The number of nitrogens with zero attached hydrogens (tertiary/aromatic N) is 3. The van der Waals surface area contributed by atoms with Crippen molar-refractivity contribution in [3.8, 4) is 0 Å². The Morgan fingerprint density at radius 1 is 1.39 bits per heavy atom. The molecule has 2 aliphatic rings. The van der Waals surface area contributed by atoms with E-state index in [2.05, 4.69) is 10.1 Å². The van der Waals surface area contributed by atoms with E-state index in [0.29, 0.717) is 31.4 Å². The van der Waals surface area contributed by atoms with Crippen LogP contribution >= 0.6 is 11.3 Å². The van der Waals surface area contributed by atoms with Crippen LogP contribution in [0.3, 0.4) is 0 Å². The van der Waals surface area contributed by atoms with Gasteiger partial charge in [-0.15, -0.1) is 11.3 Å². The van der Waals surface area contributed by atoms with E-state index >= 15 is 0 Å². The van der Waals surface area contributed by atoms with Gasteiger partial charge in [0.05, 0.1) is 18.7 Å². The summed E-state index contributed by atoms with van der Waals surface area (Å²) in [6.45, 7) is 3.33. The first-order valence-electron chi connectivity index (χ1n) is 8.02. The maximum atomic E-state index is 12.9. The van der Waals surface area contributed by atoms with Crippen molar-refractivity contribution in [2.45, 2.75) is 38.7 Å². The van der Waals surface area contributed by atoms with E-state index in [-0.39, 0.29) is 12.0 Å². The van der Waals surface area contributed by atoms with E-state index < -0.39 is 0 Å². The van der Waals surface area contributed by atoms with Crippen LogP contribution in [-0.2, 0) is 17.6 Å². The number of hydrogen-bond acceptors (Lipinski definition) is 6. The second-order valence-corrected chi connectivity index (χ2v) is 7.00. The fraction of sp³-hybridized carbons (Fsp3) is 0.562. The van der Waals surface area contributed by atoms with Crippen LogP contribution in [0.1, 0.15) is 51.5 Å². The third-order valence-corrected chi connectivity index (χ3v) is 5.57. The molecule has 0 spiro atoms. The highest BCUT2D eigenvalue weighted by Gasteiger charge is 2.31. The molecule has 6 nitrogen and oxygen atoms in total. The van der Waals surface area contributed by atoms with E-state index in [1.165, 1.54) is 23.3 Å². The van der Waals surface area contributed by atoms with Gasteiger partial charge in [-0.2, -0.15) is 4.98 Å². The number of ether oxygens (including phenoxy) is 1. The van der Waals surface area contributed by atoms with E-state index in [9.17, 15) is 4.79 Å². The number of amides is 1. The monoisotopic (exact) mass is 333 g/mol. The molecule has 1 atom stereocenters. The number of morpholine rings is 1. The van der Waals surface area contributed by atoms with Gasteiger partial charge in [0, 0.05) is 23.7 Å². The van der Waals surface area contributed by atoms with Crippen LogP contribution in [0.2, 0.25) is 0 Å². The van der Waals surface area contributed by atoms with Crippen molar-refractivity contribution in [3.05, 3.63) is 33.1 Å². The molecule has 23 heavy (non-hydrogen) atoms. The summed E-state index contributed by atoms with van der Waals surface area (Å²) in [5, 5.41) is 5.95. The largest absolute Gasteiger partial charge is 0.366 e. The van der Waals surface area contributed by atoms with Crippen LogP contribution in [0.4, 0.5) is 0 Å². The fourth-order valence-electron chi connectivity index (χ4n) is 3.28. The SMILES string of the molecule is Cc1nc([C@H]2CN(C(=O)c3csc4c3CCCC4)CCO2)no1. The quantitative estimate of drug-likeness (QED) is 0.845. The van der Waals surface area contributed by atoms with E-state index in [0.717, 1.165) is 18.4 Å². The molecular weight excluding hydrogens is 314 g/mol. The average Bonchev–Trinajstić information content (AvgIpc) is 3.20. The molecule has 1 amide bonds. The van der Waals surface area contributed by atoms with Crippen molar-refractivity contribution in [1.29, 1.82) is 0 Å². The first-order valence-corrected chi connectivity index (χ1v) is 8.90. The molecule has 0 radical (unpaired) electrons. The predicted molar refractivity (Wildman–Crippen MR) is 84.6 cm³/mol. The Labute approximate surface area is 138 Å². The van der Waals surface area contributed by atoms with Crippen LogP contribution in [0.5, 0.6) is 0 Å². The molecule has 0 bridgehead atoms. The molecule has 3 heterocycles. The maximum Gasteiger partial charge on any atom is 0.255 e. The number of rotatable bonds is 2. The minimum atomic E-state index is -0.306. The van der Waals surface area contributed by atoms with Gasteiger partial charge in [-0.1, -0.05) is 5.16 Å². The summed E-state index contributed by atoms with van der Waals surface area (Å²) >= 11 is 1.73. The van der Waals surface area contributed by atoms with Crippen molar-refractivity contribution in [2.75, 3.05) is 19.7 Å². The minimum absolute atomic E-state index is 0.109. The number of thiophene rings is 1. The Hall–Kier alpha value is -1.73. The Balaban J connectivity index is 1.53. The number of fused-ring (bicyclic) bond motifs is 1. The summed E-state index contributed by atoms with van der Waals surface area (Å²) in [7, 11) is 0. The van der Waals surface area contributed by atoms with Crippen LogP contribution in [-0.4, -0.2) is 40.6 Å². The first-order chi connectivity index (χ1) is 11.2. The van der Waals surface area contributed by atoms with Crippen LogP contribution < -0.4 is 0 Å². The standard InChI is InChI=1S/C16H19N3O3S/c1-10-17-15(18-22-10)13-8-19(6-7-21-13)16(20)12-9-23-14-5-3-2-4-11(12)14/h9,13H,2-8H2,1H3/t13-/m1/s1. The van der Waals surface area contributed by atoms with Crippen LogP contribution in [0, 0.1) is 6.92 Å². The average molecular weight is 333 g/mol. The number of carbonyl (C=O) groups excluding carboxylic acids is 1. The maximum absolute atomic E-state index is 12.9. The van der Waals surface area contributed by atoms with Crippen molar-refractivity contribution in [3.63, 3.8) is 0 Å². The normalized spacial score (nSPS) is 21.3. The zero-order chi connectivity index (χ0) is 15.8. The summed E-state index contributed by atoms with van der Waals surface area (Å²) < 4.78 is 10.7. The second kappa shape index (κ2) is 6.05. The fourth-order valence-corrected chi connectivity index (χ4v) is 4.40. The first kappa shape index (κ1) is 14.8. The smallest absolute Gasteiger partial charge is 0.255 e. The summed E-state index contributed by atoms with van der Waals surface area (Å²) in [5.41, 5.74) is 2.15. The molecule has 0 saturated carbocycles. The summed E-state index contributed by atoms with van der Waals surface area (Å²) in [4.78, 5) is 20.4. The highest BCUT2D eigenvalue weighted by atomic mass is 32.1. The zero-order valence-corrected chi connectivity index (χ0v) is 13.9. The van der Waals surface area contributed by atoms with Crippen LogP contribution in [0.25, 0.3) is 0 Å². The third kappa shape index (κ3) is 2.79. The van der Waals surface area contributed by atoms with Crippen molar-refractivity contribution in [2.24, 2.45) is 0 Å². The van der Waals surface area contributed by atoms with E-state index in [4.69, 9.17) is 9.26 Å². The van der Waals surface area contributed by atoms with Crippen LogP contribution in [0.15, 0.2) is 9.90 Å². The number of carbonyl (C=O) groups is 1. The molecule has 1 aliphatic heterocycles. The Kier molecular flexibility index (Phi) is 3.90. The molecule has 1 aliphatic carbocycles. The van der Waals surface area contributed by atoms with E-state index in [1.807, 2.05) is 10.3 Å². The molecule has 4 rings (SSSR count). The molecule has 0 aromatic carbocycles. The minimum Gasteiger partial charge on any atom is -0.366 e. The highest BCUT2D eigenvalue weighted by molar-refractivity contribution is 7.10. The summed E-state index contributed by atoms with van der Waals surface area (Å²) in [5.74, 6) is 1.14. The Bertz CT molecular complexity index is 724. The van der Waals surface area contributed by atoms with Gasteiger partial charge in [-0.3, -0.25) is 4.79 Å². The molecule has 1 fully saturated rings. The van der Waals surface area contributed by atoms with E-state index in [1.54, 1.807) is 18.3 Å². The lowest BCUT2D eigenvalue weighted by atomic mass is 9.95. The molecule has 122 valence electrons. The van der Waals surface area contributed by atoms with Gasteiger partial charge in [0.15, 0.2) is 0 Å². The Morgan fingerprint density at radius 2 is 2.26 bits per heavy atom. The van der Waals surface area contributed by atoms with Gasteiger partial charge in [-0.05, 0) is 31.2 Å². The highest BCUT2D eigenvalue weighted by Crippen LogP contribution is 2.31. The van der Waals surface area contributed by atoms with Gasteiger partial charge >= 0.3 is 0 Å². The zero-order valence-electron chi connectivity index (χ0n) is 13.1. The number of aryl methyl sites for hydroxylation is 2. The lowest BCUT2D eigenvalue weighted by Crippen LogP contribution is -2.42. The second-order valence-electron chi connectivity index (χ2n) is 6.04. The lowest BCUT2D eigenvalue weighted by molar-refractivity contribution is -0.0276. The van der Waals surface area contributed by atoms with Crippen molar-refractivity contribution >= 4 is 17.2 Å². The van der Waals surface area contributed by atoms with Gasteiger partial charge < -0.3 is 14.2 Å². The third-order valence-electron chi connectivity index (χ3n) is 4.48. The van der Waals surface area contributed by atoms with Gasteiger partial charge in [-0.25, -0.2) is 0 Å². The molecule has 2 aromatic heterocycles. The van der Waals surface area contributed by atoms with Crippen molar-refractivity contribution < 1.29 is 14.1 Å². The topological polar surface area (TPSA) is 68.5 Å². The molecule has 1 saturated heterocycles. The molecule has 7 heteroatoms. The molecule has 2 aromatic rings.